The highest BCUT2D eigenvalue weighted by Crippen LogP contribution is 2.30. The Bertz CT molecular complexity index is 577. The van der Waals surface area contributed by atoms with E-state index in [1.54, 1.807) is 12.4 Å². The van der Waals surface area contributed by atoms with Gasteiger partial charge < -0.3 is 10.0 Å². The third-order valence-electron chi connectivity index (χ3n) is 3.31. The Morgan fingerprint density at radius 1 is 1.44 bits per heavy atom. The van der Waals surface area contributed by atoms with Crippen molar-refractivity contribution in [3.63, 3.8) is 0 Å². The van der Waals surface area contributed by atoms with Gasteiger partial charge in [-0.2, -0.15) is 4.98 Å². The first-order valence-electron chi connectivity index (χ1n) is 5.94. The second-order valence-corrected chi connectivity index (χ2v) is 4.72. The molecule has 1 aliphatic heterocycles. The third-order valence-corrected chi connectivity index (χ3v) is 3.48. The molecule has 1 fully saturated rings. The van der Waals surface area contributed by atoms with Gasteiger partial charge in [0.2, 0.25) is 5.28 Å². The van der Waals surface area contributed by atoms with Gasteiger partial charge in [0.1, 0.15) is 5.82 Å². The summed E-state index contributed by atoms with van der Waals surface area (Å²) in [7, 11) is 0. The molecular weight excluding hydrogens is 252 g/mol. The maximum Gasteiger partial charge on any atom is 0.224 e. The average molecular weight is 265 g/mol. The number of hydrogen-bond donors (Lipinski definition) is 1. The summed E-state index contributed by atoms with van der Waals surface area (Å²) >= 11 is 5.95. The van der Waals surface area contributed by atoms with Crippen LogP contribution in [0.4, 0.5) is 5.82 Å². The van der Waals surface area contributed by atoms with Gasteiger partial charge in [-0.05, 0) is 30.5 Å². The standard InChI is InChI=1S/C12H13ClN4O/c13-12-15-10-6-14-4-3-9(10)11(16-12)17-5-1-2-8(17)7-18/h3-4,6,8,18H,1-2,5,7H2/t8-/m0/s1. The number of fused-ring (bicyclic) bond motifs is 1. The van der Waals surface area contributed by atoms with Crippen LogP contribution < -0.4 is 4.90 Å². The van der Waals surface area contributed by atoms with Crippen LogP contribution in [0, 0.1) is 0 Å². The molecule has 6 heteroatoms. The van der Waals surface area contributed by atoms with Gasteiger partial charge >= 0.3 is 0 Å². The van der Waals surface area contributed by atoms with Crippen LogP contribution in [0.5, 0.6) is 0 Å². The van der Waals surface area contributed by atoms with Gasteiger partial charge in [0.25, 0.3) is 0 Å². The summed E-state index contributed by atoms with van der Waals surface area (Å²) in [6, 6.07) is 2.00. The predicted octanol–water partition coefficient (Wildman–Crippen LogP) is 1.64. The lowest BCUT2D eigenvalue weighted by molar-refractivity contribution is 0.266. The molecule has 1 atom stereocenters. The quantitative estimate of drug-likeness (QED) is 0.836. The van der Waals surface area contributed by atoms with E-state index in [1.807, 2.05) is 6.07 Å². The fraction of sp³-hybridized carbons (Fsp3) is 0.417. The normalized spacial score (nSPS) is 19.7. The van der Waals surface area contributed by atoms with Crippen molar-refractivity contribution in [2.45, 2.75) is 18.9 Å². The SMILES string of the molecule is OC[C@@H]1CCCN1c1nc(Cl)nc2cnccc12. The molecule has 2 aromatic rings. The maximum atomic E-state index is 9.41. The van der Waals surface area contributed by atoms with E-state index in [0.717, 1.165) is 36.1 Å². The summed E-state index contributed by atoms with van der Waals surface area (Å²) in [5.74, 6) is 0.795. The molecule has 3 heterocycles. The van der Waals surface area contributed by atoms with Crippen molar-refractivity contribution in [1.82, 2.24) is 15.0 Å². The predicted molar refractivity (Wildman–Crippen MR) is 69.8 cm³/mol. The Balaban J connectivity index is 2.15. The van der Waals surface area contributed by atoms with Crippen LogP contribution >= 0.6 is 11.6 Å². The highest BCUT2D eigenvalue weighted by Gasteiger charge is 2.26. The number of aliphatic hydroxyl groups is 1. The lowest BCUT2D eigenvalue weighted by Gasteiger charge is -2.25. The molecule has 0 bridgehead atoms. The molecule has 0 unspecified atom stereocenters. The summed E-state index contributed by atoms with van der Waals surface area (Å²) in [5.41, 5.74) is 0.732. The smallest absolute Gasteiger partial charge is 0.224 e. The number of nitrogens with zero attached hydrogens (tertiary/aromatic N) is 4. The first-order chi connectivity index (χ1) is 8.79. The topological polar surface area (TPSA) is 62.1 Å². The molecule has 5 nitrogen and oxygen atoms in total. The van der Waals surface area contributed by atoms with Crippen molar-refractivity contribution < 1.29 is 5.11 Å². The van der Waals surface area contributed by atoms with Gasteiger partial charge in [0.05, 0.1) is 24.4 Å². The number of pyridine rings is 1. The van der Waals surface area contributed by atoms with Gasteiger partial charge in [-0.3, -0.25) is 4.98 Å². The van der Waals surface area contributed by atoms with Crippen molar-refractivity contribution in [3.05, 3.63) is 23.7 Å². The van der Waals surface area contributed by atoms with Crippen LogP contribution in [-0.4, -0.2) is 39.3 Å². The van der Waals surface area contributed by atoms with E-state index in [1.165, 1.54) is 0 Å². The molecule has 2 aromatic heterocycles. The number of aromatic nitrogens is 3. The molecule has 0 amide bonds. The van der Waals surface area contributed by atoms with Crippen LogP contribution in [0.15, 0.2) is 18.5 Å². The van der Waals surface area contributed by atoms with Crippen LogP contribution in [0.25, 0.3) is 10.9 Å². The number of rotatable bonds is 2. The summed E-state index contributed by atoms with van der Waals surface area (Å²) in [6.45, 7) is 1.02. The number of hydrogen-bond acceptors (Lipinski definition) is 5. The minimum Gasteiger partial charge on any atom is -0.394 e. The summed E-state index contributed by atoms with van der Waals surface area (Å²) in [4.78, 5) is 14.6. The van der Waals surface area contributed by atoms with Gasteiger partial charge in [-0.15, -0.1) is 0 Å². The highest BCUT2D eigenvalue weighted by molar-refractivity contribution is 6.28. The van der Waals surface area contributed by atoms with E-state index >= 15 is 0 Å². The zero-order valence-corrected chi connectivity index (χ0v) is 10.5. The molecule has 1 saturated heterocycles. The van der Waals surface area contributed by atoms with Crippen molar-refractivity contribution >= 4 is 28.3 Å². The minimum absolute atomic E-state index is 0.118. The van der Waals surface area contributed by atoms with Crippen LogP contribution in [0.1, 0.15) is 12.8 Å². The fourth-order valence-electron chi connectivity index (χ4n) is 2.46. The first-order valence-corrected chi connectivity index (χ1v) is 6.32. The lowest BCUT2D eigenvalue weighted by Crippen LogP contribution is -2.33. The Kier molecular flexibility index (Phi) is 3.01. The molecule has 18 heavy (non-hydrogen) atoms. The highest BCUT2D eigenvalue weighted by atomic mass is 35.5. The Labute approximate surface area is 109 Å². The van der Waals surface area contributed by atoms with E-state index in [9.17, 15) is 5.11 Å². The van der Waals surface area contributed by atoms with Crippen molar-refractivity contribution in [2.75, 3.05) is 18.1 Å². The molecular formula is C12H13ClN4O. The molecule has 3 rings (SSSR count). The van der Waals surface area contributed by atoms with E-state index in [4.69, 9.17) is 11.6 Å². The van der Waals surface area contributed by atoms with E-state index in [-0.39, 0.29) is 17.9 Å². The summed E-state index contributed by atoms with van der Waals surface area (Å²) < 4.78 is 0. The molecule has 0 radical (unpaired) electrons. The van der Waals surface area contributed by atoms with Crippen LogP contribution in [0.3, 0.4) is 0 Å². The Hall–Kier alpha value is -1.46. The average Bonchev–Trinajstić information content (AvgIpc) is 2.85. The van der Waals surface area contributed by atoms with Crippen molar-refractivity contribution in [3.8, 4) is 0 Å². The molecule has 1 N–H and O–H groups in total. The number of anilines is 1. The largest absolute Gasteiger partial charge is 0.394 e. The monoisotopic (exact) mass is 264 g/mol. The zero-order valence-electron chi connectivity index (χ0n) is 9.75. The van der Waals surface area contributed by atoms with Gasteiger partial charge in [-0.1, -0.05) is 0 Å². The van der Waals surface area contributed by atoms with Crippen molar-refractivity contribution in [2.24, 2.45) is 0 Å². The summed E-state index contributed by atoms with van der Waals surface area (Å²) in [5, 5.41) is 10.6. The molecule has 1 aliphatic rings. The summed E-state index contributed by atoms with van der Waals surface area (Å²) in [6.07, 6.45) is 5.42. The second-order valence-electron chi connectivity index (χ2n) is 4.38. The van der Waals surface area contributed by atoms with Crippen LogP contribution in [0.2, 0.25) is 5.28 Å². The number of halogens is 1. The third kappa shape index (κ3) is 1.89. The molecule has 0 aromatic carbocycles. The second kappa shape index (κ2) is 4.66. The van der Waals surface area contributed by atoms with Gasteiger partial charge in [-0.25, -0.2) is 4.98 Å². The Morgan fingerprint density at radius 3 is 3.17 bits per heavy atom. The molecule has 0 spiro atoms. The number of aliphatic hydroxyl groups excluding tert-OH is 1. The Morgan fingerprint density at radius 2 is 2.33 bits per heavy atom. The van der Waals surface area contributed by atoms with Crippen LogP contribution in [-0.2, 0) is 0 Å². The fourth-order valence-corrected chi connectivity index (χ4v) is 2.63. The van der Waals surface area contributed by atoms with E-state index in [0.29, 0.717) is 0 Å². The van der Waals surface area contributed by atoms with E-state index in [2.05, 4.69) is 19.9 Å². The van der Waals surface area contributed by atoms with Gasteiger partial charge in [0, 0.05) is 18.1 Å². The maximum absolute atomic E-state index is 9.41. The zero-order chi connectivity index (χ0) is 12.5. The van der Waals surface area contributed by atoms with Crippen molar-refractivity contribution in [1.29, 1.82) is 0 Å². The van der Waals surface area contributed by atoms with Gasteiger partial charge in [0.15, 0.2) is 0 Å². The molecule has 0 saturated carbocycles. The lowest BCUT2D eigenvalue weighted by atomic mass is 10.2. The molecule has 0 aliphatic carbocycles. The van der Waals surface area contributed by atoms with E-state index < -0.39 is 0 Å². The minimum atomic E-state index is 0.118. The first kappa shape index (κ1) is 11.6. The molecule has 94 valence electrons.